The second-order valence-electron chi connectivity index (χ2n) is 4.44. The van der Waals surface area contributed by atoms with Crippen molar-refractivity contribution in [2.45, 2.75) is 17.6 Å². The van der Waals surface area contributed by atoms with Crippen molar-refractivity contribution in [3.8, 4) is 5.75 Å². The van der Waals surface area contributed by atoms with Crippen LogP contribution in [0.25, 0.3) is 0 Å². The van der Waals surface area contributed by atoms with Crippen LogP contribution >= 0.6 is 0 Å². The second-order valence-corrected chi connectivity index (χ2v) is 6.42. The summed E-state index contributed by atoms with van der Waals surface area (Å²) in [7, 11) is -2.16. The quantitative estimate of drug-likeness (QED) is 0.910. The fourth-order valence-electron chi connectivity index (χ4n) is 1.85. The first-order chi connectivity index (χ1) is 9.83. The SMILES string of the molecule is COc1cccc(S(=O)(=O)Cc2cc(C(=O)O)oc2C)c1. The molecule has 0 aliphatic heterocycles. The highest BCUT2D eigenvalue weighted by Gasteiger charge is 2.21. The Labute approximate surface area is 121 Å². The maximum atomic E-state index is 12.4. The fraction of sp³-hybridized carbons (Fsp3) is 0.214. The molecule has 21 heavy (non-hydrogen) atoms. The van der Waals surface area contributed by atoms with E-state index < -0.39 is 15.8 Å². The lowest BCUT2D eigenvalue weighted by atomic mass is 10.3. The van der Waals surface area contributed by atoms with Gasteiger partial charge in [-0.2, -0.15) is 0 Å². The number of methoxy groups -OCH3 is 1. The van der Waals surface area contributed by atoms with Crippen LogP contribution in [-0.4, -0.2) is 26.6 Å². The molecule has 0 saturated carbocycles. The summed E-state index contributed by atoms with van der Waals surface area (Å²) in [6.45, 7) is 1.53. The number of sulfone groups is 1. The van der Waals surface area contributed by atoms with Gasteiger partial charge in [0.2, 0.25) is 5.76 Å². The van der Waals surface area contributed by atoms with Gasteiger partial charge in [0.05, 0.1) is 17.8 Å². The Balaban J connectivity index is 2.35. The molecule has 0 saturated heterocycles. The average molecular weight is 310 g/mol. The van der Waals surface area contributed by atoms with Crippen LogP contribution in [0.2, 0.25) is 0 Å². The summed E-state index contributed by atoms with van der Waals surface area (Å²) in [6.07, 6.45) is 0. The third-order valence-corrected chi connectivity index (χ3v) is 4.64. The molecule has 0 amide bonds. The van der Waals surface area contributed by atoms with Crippen molar-refractivity contribution in [2.75, 3.05) is 7.11 Å². The van der Waals surface area contributed by atoms with Gasteiger partial charge in [-0.1, -0.05) is 6.07 Å². The van der Waals surface area contributed by atoms with E-state index in [2.05, 4.69) is 0 Å². The zero-order valence-electron chi connectivity index (χ0n) is 11.5. The van der Waals surface area contributed by atoms with E-state index in [0.29, 0.717) is 11.3 Å². The number of aromatic carboxylic acids is 1. The fourth-order valence-corrected chi connectivity index (χ4v) is 3.30. The Morgan fingerprint density at radius 1 is 1.33 bits per heavy atom. The largest absolute Gasteiger partial charge is 0.497 e. The van der Waals surface area contributed by atoms with Gasteiger partial charge in [-0.15, -0.1) is 0 Å². The van der Waals surface area contributed by atoms with Crippen LogP contribution in [0.5, 0.6) is 5.75 Å². The van der Waals surface area contributed by atoms with Crippen LogP contribution in [0.3, 0.4) is 0 Å². The Morgan fingerprint density at radius 3 is 2.62 bits per heavy atom. The third-order valence-electron chi connectivity index (χ3n) is 2.98. The number of furan rings is 1. The minimum Gasteiger partial charge on any atom is -0.497 e. The molecule has 1 heterocycles. The minimum absolute atomic E-state index is 0.110. The summed E-state index contributed by atoms with van der Waals surface area (Å²) >= 11 is 0. The Hall–Kier alpha value is -2.28. The third kappa shape index (κ3) is 3.25. The summed E-state index contributed by atoms with van der Waals surface area (Å²) in [5.74, 6) is -1.13. The average Bonchev–Trinajstić information content (AvgIpc) is 2.80. The molecular formula is C14H14O6S. The molecule has 1 N–H and O–H groups in total. The van der Waals surface area contributed by atoms with E-state index >= 15 is 0 Å². The van der Waals surface area contributed by atoms with Crippen LogP contribution < -0.4 is 4.74 Å². The lowest BCUT2D eigenvalue weighted by Crippen LogP contribution is -2.05. The van der Waals surface area contributed by atoms with E-state index in [0.717, 1.165) is 0 Å². The molecule has 0 atom stereocenters. The maximum absolute atomic E-state index is 12.4. The molecule has 112 valence electrons. The molecule has 2 aromatic rings. The Bertz CT molecular complexity index is 773. The molecular weight excluding hydrogens is 296 g/mol. The van der Waals surface area contributed by atoms with Crippen LogP contribution in [0.15, 0.2) is 39.6 Å². The van der Waals surface area contributed by atoms with Crippen molar-refractivity contribution >= 4 is 15.8 Å². The lowest BCUT2D eigenvalue weighted by molar-refractivity contribution is 0.0661. The molecule has 0 radical (unpaired) electrons. The molecule has 0 unspecified atom stereocenters. The van der Waals surface area contributed by atoms with E-state index in [1.165, 1.54) is 32.2 Å². The van der Waals surface area contributed by atoms with Gasteiger partial charge in [-0.25, -0.2) is 13.2 Å². The Kier molecular flexibility index (Phi) is 4.04. The van der Waals surface area contributed by atoms with Crippen LogP contribution in [0.1, 0.15) is 21.9 Å². The first kappa shape index (κ1) is 15.1. The number of carbonyl (C=O) groups is 1. The normalized spacial score (nSPS) is 11.3. The summed E-state index contributed by atoms with van der Waals surface area (Å²) in [5.41, 5.74) is 0.329. The summed E-state index contributed by atoms with van der Waals surface area (Å²) in [4.78, 5) is 10.9. The van der Waals surface area contributed by atoms with Gasteiger partial charge in [0.25, 0.3) is 0 Å². The van der Waals surface area contributed by atoms with E-state index in [-0.39, 0.29) is 22.2 Å². The van der Waals surface area contributed by atoms with Gasteiger partial charge in [-0.05, 0) is 31.2 Å². The Morgan fingerprint density at radius 2 is 2.05 bits per heavy atom. The summed E-state index contributed by atoms with van der Waals surface area (Å²) < 4.78 is 34.7. The smallest absolute Gasteiger partial charge is 0.371 e. The number of hydrogen-bond acceptors (Lipinski definition) is 5. The van der Waals surface area contributed by atoms with Crippen LogP contribution in [0, 0.1) is 6.92 Å². The number of carboxylic acid groups (broad SMARTS) is 1. The minimum atomic E-state index is -3.61. The van der Waals surface area contributed by atoms with Crippen LogP contribution in [0.4, 0.5) is 0 Å². The van der Waals surface area contributed by atoms with Crippen molar-refractivity contribution in [1.82, 2.24) is 0 Å². The molecule has 7 heteroatoms. The number of hydrogen-bond donors (Lipinski definition) is 1. The molecule has 0 fully saturated rings. The highest BCUT2D eigenvalue weighted by atomic mass is 32.2. The van der Waals surface area contributed by atoms with Gasteiger partial charge < -0.3 is 14.3 Å². The maximum Gasteiger partial charge on any atom is 0.371 e. The predicted octanol–water partition coefficient (Wildman–Crippen LogP) is 2.27. The lowest BCUT2D eigenvalue weighted by Gasteiger charge is -2.05. The molecule has 2 rings (SSSR count). The number of aryl methyl sites for hydroxylation is 1. The standard InChI is InChI=1S/C14H14O6S/c1-9-10(6-13(20-9)14(15)16)8-21(17,18)12-5-3-4-11(7-12)19-2/h3-7H,8H2,1-2H3,(H,15,16). The highest BCUT2D eigenvalue weighted by Crippen LogP contribution is 2.24. The van der Waals surface area contributed by atoms with E-state index in [9.17, 15) is 13.2 Å². The van der Waals surface area contributed by atoms with Crippen molar-refractivity contribution < 1.29 is 27.5 Å². The number of carboxylic acids is 1. The molecule has 0 spiro atoms. The topological polar surface area (TPSA) is 93.8 Å². The highest BCUT2D eigenvalue weighted by molar-refractivity contribution is 7.90. The van der Waals surface area contributed by atoms with Gasteiger partial charge in [-0.3, -0.25) is 0 Å². The monoisotopic (exact) mass is 310 g/mol. The number of rotatable bonds is 5. The van der Waals surface area contributed by atoms with Crippen molar-refractivity contribution in [1.29, 1.82) is 0 Å². The first-order valence-corrected chi connectivity index (χ1v) is 7.68. The molecule has 0 bridgehead atoms. The van der Waals surface area contributed by atoms with Crippen LogP contribution in [-0.2, 0) is 15.6 Å². The zero-order valence-corrected chi connectivity index (χ0v) is 12.3. The zero-order chi connectivity index (χ0) is 15.6. The van der Waals surface area contributed by atoms with Gasteiger partial charge in [0.15, 0.2) is 9.84 Å². The van der Waals surface area contributed by atoms with Gasteiger partial charge in [0, 0.05) is 5.56 Å². The number of ether oxygens (including phenoxy) is 1. The van der Waals surface area contributed by atoms with Gasteiger partial charge in [0.1, 0.15) is 11.5 Å². The van der Waals surface area contributed by atoms with E-state index in [4.69, 9.17) is 14.3 Å². The summed E-state index contributed by atoms with van der Waals surface area (Å²) in [5, 5.41) is 8.85. The second kappa shape index (κ2) is 5.61. The van der Waals surface area contributed by atoms with Crippen molar-refractivity contribution in [2.24, 2.45) is 0 Å². The van der Waals surface area contributed by atoms with Crippen molar-refractivity contribution in [3.05, 3.63) is 47.4 Å². The molecule has 0 aliphatic carbocycles. The summed E-state index contributed by atoms with van der Waals surface area (Å²) in [6, 6.07) is 7.34. The van der Waals surface area contributed by atoms with Gasteiger partial charge >= 0.3 is 5.97 Å². The predicted molar refractivity (Wildman–Crippen MR) is 74.3 cm³/mol. The number of benzene rings is 1. The first-order valence-electron chi connectivity index (χ1n) is 6.03. The van der Waals surface area contributed by atoms with E-state index in [1.54, 1.807) is 12.1 Å². The molecule has 0 aliphatic rings. The van der Waals surface area contributed by atoms with E-state index in [1.807, 2.05) is 0 Å². The molecule has 1 aromatic carbocycles. The molecule has 6 nitrogen and oxygen atoms in total. The van der Waals surface area contributed by atoms with Crippen molar-refractivity contribution in [3.63, 3.8) is 0 Å². The molecule has 1 aromatic heterocycles.